The van der Waals surface area contributed by atoms with Crippen molar-refractivity contribution in [3.05, 3.63) is 0 Å². The van der Waals surface area contributed by atoms with Gasteiger partial charge in [0.25, 0.3) is 0 Å². The maximum Gasteiger partial charge on any atom is 0.0534 e. The Morgan fingerprint density at radius 1 is 1.88 bits per heavy atom. The lowest BCUT2D eigenvalue weighted by molar-refractivity contribution is 0.393. The van der Waals surface area contributed by atoms with Gasteiger partial charge in [-0.2, -0.15) is 5.10 Å². The van der Waals surface area contributed by atoms with Crippen molar-refractivity contribution in [1.29, 1.82) is 0 Å². The molecule has 0 aromatic carbocycles. The van der Waals surface area contributed by atoms with Gasteiger partial charge in [0.1, 0.15) is 0 Å². The van der Waals surface area contributed by atoms with E-state index >= 15 is 0 Å². The summed E-state index contributed by atoms with van der Waals surface area (Å²) in [4.78, 5) is 0. The number of nitrogens with zero attached hydrogens (tertiary/aromatic N) is 2. The first-order chi connectivity index (χ1) is 3.83. The molecule has 0 radical (unpaired) electrons. The lowest BCUT2D eigenvalue weighted by Crippen LogP contribution is -2.10. The summed E-state index contributed by atoms with van der Waals surface area (Å²) < 4.78 is 0. The molecule has 0 bridgehead atoms. The quantitative estimate of drug-likeness (QED) is 0.504. The molecule has 0 spiro atoms. The van der Waals surface area contributed by atoms with Crippen molar-refractivity contribution < 1.29 is 0 Å². The Hall–Kier alpha value is -0.570. The molecule has 1 rings (SSSR count). The number of hydrogen-bond acceptors (Lipinski definition) is 3. The van der Waals surface area contributed by atoms with Gasteiger partial charge in [-0.25, -0.2) is 0 Å². The first kappa shape index (κ1) is 5.56. The fraction of sp³-hybridized carbons (Fsp3) is 0.800. The van der Waals surface area contributed by atoms with Crippen molar-refractivity contribution in [1.82, 2.24) is 5.01 Å². The molecule has 0 aromatic rings. The summed E-state index contributed by atoms with van der Waals surface area (Å²) in [6, 6.07) is 0. The molecule has 1 aliphatic heterocycles. The number of rotatable bonds is 1. The molecule has 0 saturated carbocycles. The maximum absolute atomic E-state index is 5.34. The van der Waals surface area contributed by atoms with Crippen molar-refractivity contribution in [2.45, 2.75) is 6.42 Å². The third kappa shape index (κ3) is 0.980. The summed E-state index contributed by atoms with van der Waals surface area (Å²) >= 11 is 0. The van der Waals surface area contributed by atoms with E-state index in [0.29, 0.717) is 6.54 Å². The van der Waals surface area contributed by atoms with Crippen LogP contribution in [-0.4, -0.2) is 30.9 Å². The molecule has 0 saturated heterocycles. The number of hydrogen-bond donors (Lipinski definition) is 1. The molecular formula is C5H11N3. The predicted molar refractivity (Wildman–Crippen MR) is 33.7 cm³/mol. The van der Waals surface area contributed by atoms with Gasteiger partial charge < -0.3 is 5.73 Å². The highest BCUT2D eigenvalue weighted by atomic mass is 15.5. The summed E-state index contributed by atoms with van der Waals surface area (Å²) in [5.41, 5.74) is 6.46. The van der Waals surface area contributed by atoms with Crippen molar-refractivity contribution in [2.24, 2.45) is 10.8 Å². The summed E-state index contributed by atoms with van der Waals surface area (Å²) in [7, 11) is 1.96. The number of hydrazone groups is 1. The van der Waals surface area contributed by atoms with Gasteiger partial charge in [0.2, 0.25) is 0 Å². The topological polar surface area (TPSA) is 41.6 Å². The van der Waals surface area contributed by atoms with Crippen LogP contribution in [0.4, 0.5) is 0 Å². The molecule has 3 heteroatoms. The molecule has 0 amide bonds. The minimum Gasteiger partial charge on any atom is -0.325 e. The molecule has 8 heavy (non-hydrogen) atoms. The largest absolute Gasteiger partial charge is 0.325 e. The van der Waals surface area contributed by atoms with Crippen LogP contribution >= 0.6 is 0 Å². The van der Waals surface area contributed by atoms with E-state index in [2.05, 4.69) is 5.10 Å². The van der Waals surface area contributed by atoms with Crippen LogP contribution in [0.5, 0.6) is 0 Å². The minimum absolute atomic E-state index is 0.615. The molecule has 0 atom stereocenters. The molecule has 3 nitrogen and oxygen atoms in total. The van der Waals surface area contributed by atoms with Gasteiger partial charge in [0.15, 0.2) is 0 Å². The maximum atomic E-state index is 5.34. The van der Waals surface area contributed by atoms with Crippen LogP contribution in [0.2, 0.25) is 0 Å². The third-order valence-corrected chi connectivity index (χ3v) is 1.27. The predicted octanol–water partition coefficient (Wildman–Crippen LogP) is -0.363. The Labute approximate surface area is 49.2 Å². The van der Waals surface area contributed by atoms with E-state index in [9.17, 15) is 0 Å². The normalized spacial score (nSPS) is 19.2. The monoisotopic (exact) mass is 113 g/mol. The van der Waals surface area contributed by atoms with Crippen LogP contribution < -0.4 is 5.73 Å². The Kier molecular flexibility index (Phi) is 1.48. The van der Waals surface area contributed by atoms with E-state index in [4.69, 9.17) is 5.73 Å². The molecule has 46 valence electrons. The highest BCUT2D eigenvalue weighted by Crippen LogP contribution is 2.00. The van der Waals surface area contributed by atoms with Crippen molar-refractivity contribution >= 4 is 5.71 Å². The van der Waals surface area contributed by atoms with Gasteiger partial charge in [0, 0.05) is 26.6 Å². The van der Waals surface area contributed by atoms with Crippen molar-refractivity contribution in [2.75, 3.05) is 20.1 Å². The highest BCUT2D eigenvalue weighted by molar-refractivity contribution is 5.87. The first-order valence-corrected chi connectivity index (χ1v) is 2.80. The summed E-state index contributed by atoms with van der Waals surface area (Å²) in [5.74, 6) is 0. The minimum atomic E-state index is 0.615. The van der Waals surface area contributed by atoms with Crippen LogP contribution in [0.3, 0.4) is 0 Å². The molecule has 0 aliphatic carbocycles. The second kappa shape index (κ2) is 2.13. The third-order valence-electron chi connectivity index (χ3n) is 1.27. The lowest BCUT2D eigenvalue weighted by atomic mass is 10.3. The van der Waals surface area contributed by atoms with Crippen molar-refractivity contribution in [3.8, 4) is 0 Å². The van der Waals surface area contributed by atoms with Crippen LogP contribution in [0, 0.1) is 0 Å². The standard InChI is InChI=1S/C5H11N3/c1-8-3-2-5(4-6)7-8/h2-4,6H2,1H3. The van der Waals surface area contributed by atoms with Gasteiger partial charge in [-0.15, -0.1) is 0 Å². The van der Waals surface area contributed by atoms with Crippen LogP contribution in [0.25, 0.3) is 0 Å². The van der Waals surface area contributed by atoms with E-state index in [1.54, 1.807) is 0 Å². The average Bonchev–Trinajstić information content (AvgIpc) is 2.14. The second-order valence-electron chi connectivity index (χ2n) is 2.00. The zero-order chi connectivity index (χ0) is 5.98. The Morgan fingerprint density at radius 3 is 2.88 bits per heavy atom. The van der Waals surface area contributed by atoms with Gasteiger partial charge >= 0.3 is 0 Å². The van der Waals surface area contributed by atoms with Crippen LogP contribution in [-0.2, 0) is 0 Å². The van der Waals surface area contributed by atoms with Crippen LogP contribution in [0.15, 0.2) is 5.10 Å². The van der Waals surface area contributed by atoms with Crippen molar-refractivity contribution in [3.63, 3.8) is 0 Å². The zero-order valence-electron chi connectivity index (χ0n) is 5.09. The summed E-state index contributed by atoms with van der Waals surface area (Å²) in [5, 5.41) is 6.05. The van der Waals surface area contributed by atoms with Gasteiger partial charge in [-0.3, -0.25) is 5.01 Å². The van der Waals surface area contributed by atoms with Crippen LogP contribution in [0.1, 0.15) is 6.42 Å². The fourth-order valence-corrected chi connectivity index (χ4v) is 0.775. The lowest BCUT2D eigenvalue weighted by Gasteiger charge is -2.00. The summed E-state index contributed by atoms with van der Waals surface area (Å²) in [6.45, 7) is 1.65. The average molecular weight is 113 g/mol. The highest BCUT2D eigenvalue weighted by Gasteiger charge is 2.06. The fourth-order valence-electron chi connectivity index (χ4n) is 0.775. The molecule has 2 N–H and O–H groups in total. The van der Waals surface area contributed by atoms with E-state index < -0.39 is 0 Å². The summed E-state index contributed by atoms with van der Waals surface area (Å²) in [6.07, 6.45) is 1.05. The second-order valence-corrected chi connectivity index (χ2v) is 2.00. The van der Waals surface area contributed by atoms with Gasteiger partial charge in [-0.1, -0.05) is 0 Å². The number of nitrogens with two attached hydrogens (primary N) is 1. The molecule has 1 aliphatic rings. The Balaban J connectivity index is 2.44. The van der Waals surface area contributed by atoms with Gasteiger partial charge in [0.05, 0.1) is 5.71 Å². The SMILES string of the molecule is CN1CCC(CN)=N1. The smallest absolute Gasteiger partial charge is 0.0534 e. The van der Waals surface area contributed by atoms with E-state index in [1.807, 2.05) is 12.1 Å². The van der Waals surface area contributed by atoms with Gasteiger partial charge in [-0.05, 0) is 0 Å². The van der Waals surface area contributed by atoms with E-state index in [0.717, 1.165) is 18.7 Å². The molecule has 0 fully saturated rings. The van der Waals surface area contributed by atoms with E-state index in [1.165, 1.54) is 0 Å². The Morgan fingerprint density at radius 2 is 2.62 bits per heavy atom. The molecular weight excluding hydrogens is 102 g/mol. The van der Waals surface area contributed by atoms with E-state index in [-0.39, 0.29) is 0 Å². The zero-order valence-corrected chi connectivity index (χ0v) is 5.09. The first-order valence-electron chi connectivity index (χ1n) is 2.80. The molecule has 1 heterocycles. The molecule has 0 unspecified atom stereocenters. The molecule has 0 aromatic heterocycles. The Bertz CT molecular complexity index is 108.